The van der Waals surface area contributed by atoms with Gasteiger partial charge in [0.1, 0.15) is 0 Å². The fraction of sp³-hybridized carbons (Fsp3) is 0.417. The third-order valence-corrected chi connectivity index (χ3v) is 3.58. The zero-order chi connectivity index (χ0) is 15.7. The lowest BCUT2D eigenvalue weighted by molar-refractivity contribution is 0.0734. The van der Waals surface area contributed by atoms with Gasteiger partial charge in [0.2, 0.25) is 10.0 Å². The molecule has 7 nitrogen and oxygen atoms in total. The van der Waals surface area contributed by atoms with Gasteiger partial charge in [-0.1, -0.05) is 0 Å². The second-order valence-electron chi connectivity index (χ2n) is 4.06. The van der Waals surface area contributed by atoms with Crippen molar-refractivity contribution < 1.29 is 17.9 Å². The fourth-order valence-electron chi connectivity index (χ4n) is 1.38. The van der Waals surface area contributed by atoms with Crippen molar-refractivity contribution in [3.8, 4) is 0 Å². The third kappa shape index (κ3) is 7.34. The Bertz CT molecular complexity index is 546. The average Bonchev–Trinajstić information content (AvgIpc) is 2.42. The van der Waals surface area contributed by atoms with Crippen LogP contribution in [0.3, 0.4) is 0 Å². The number of nitrogens with two attached hydrogens (primary N) is 1. The van der Waals surface area contributed by atoms with Gasteiger partial charge in [0.05, 0.1) is 24.7 Å². The molecule has 4 N–H and O–H groups in total. The normalized spacial score (nSPS) is 11.1. The summed E-state index contributed by atoms with van der Waals surface area (Å²) in [7, 11) is -2.06. The molecule has 1 aromatic carbocycles. The maximum absolute atomic E-state index is 11.1. The van der Waals surface area contributed by atoms with Crippen LogP contribution in [-0.4, -0.2) is 47.0 Å². The molecule has 0 amide bonds. The highest BCUT2D eigenvalue weighted by Crippen LogP contribution is 2.12. The smallest absolute Gasteiger partial charge is 0.238 e. The Kier molecular flexibility index (Phi) is 7.54. The van der Waals surface area contributed by atoms with Crippen molar-refractivity contribution in [1.29, 1.82) is 0 Å². The minimum atomic E-state index is -3.68. The van der Waals surface area contributed by atoms with Crippen LogP contribution in [0.15, 0.2) is 29.2 Å². The molecular weight excluding hydrogens is 314 g/mol. The van der Waals surface area contributed by atoms with Gasteiger partial charge in [0.25, 0.3) is 0 Å². The molecule has 0 aliphatic rings. The van der Waals surface area contributed by atoms with E-state index in [-0.39, 0.29) is 4.90 Å². The summed E-state index contributed by atoms with van der Waals surface area (Å²) in [5.74, 6) is 0. The molecule has 0 unspecified atom stereocenters. The maximum Gasteiger partial charge on any atom is 0.238 e. The Morgan fingerprint density at radius 3 is 2.48 bits per heavy atom. The number of benzene rings is 1. The van der Waals surface area contributed by atoms with Gasteiger partial charge in [-0.3, -0.25) is 0 Å². The number of sulfonamides is 1. The van der Waals surface area contributed by atoms with Crippen LogP contribution >= 0.6 is 12.2 Å². The van der Waals surface area contributed by atoms with E-state index in [9.17, 15) is 8.42 Å². The highest BCUT2D eigenvalue weighted by atomic mass is 32.2. The largest absolute Gasteiger partial charge is 0.382 e. The third-order valence-electron chi connectivity index (χ3n) is 2.40. The van der Waals surface area contributed by atoms with Crippen LogP contribution in [0.25, 0.3) is 0 Å². The number of thiocarbonyl (C=S) groups is 1. The summed E-state index contributed by atoms with van der Waals surface area (Å²) in [5, 5.41) is 11.3. The van der Waals surface area contributed by atoms with Gasteiger partial charge in [-0.05, 0) is 36.5 Å². The predicted molar refractivity (Wildman–Crippen MR) is 84.7 cm³/mol. The molecule has 0 aliphatic carbocycles. The van der Waals surface area contributed by atoms with Crippen molar-refractivity contribution in [2.75, 3.05) is 38.8 Å². The van der Waals surface area contributed by atoms with E-state index in [4.69, 9.17) is 26.8 Å². The van der Waals surface area contributed by atoms with Crippen LogP contribution in [0.4, 0.5) is 5.69 Å². The summed E-state index contributed by atoms with van der Waals surface area (Å²) in [6, 6.07) is 5.99. The van der Waals surface area contributed by atoms with Crippen molar-refractivity contribution in [3.05, 3.63) is 24.3 Å². The molecule has 118 valence electrons. The number of rotatable bonds is 8. The molecule has 0 heterocycles. The molecule has 1 rings (SSSR count). The number of nitrogens with one attached hydrogen (secondary N) is 2. The zero-order valence-corrected chi connectivity index (χ0v) is 13.3. The maximum atomic E-state index is 11.1. The molecule has 0 spiro atoms. The van der Waals surface area contributed by atoms with Gasteiger partial charge in [0, 0.05) is 19.3 Å². The first kappa shape index (κ1) is 17.8. The summed E-state index contributed by atoms with van der Waals surface area (Å²) in [6.07, 6.45) is 0. The molecule has 0 radical (unpaired) electrons. The standard InChI is InChI=1S/C12H19N3O4S2/c1-18-8-9-19-7-6-14-12(20)15-10-2-4-11(5-3-10)21(13,16)17/h2-5H,6-9H2,1H3,(H2,13,16,17)(H2,14,15,20). The SMILES string of the molecule is COCCOCCNC(=S)Nc1ccc(S(N)(=O)=O)cc1. The summed E-state index contributed by atoms with van der Waals surface area (Å²) in [4.78, 5) is 0.0541. The van der Waals surface area contributed by atoms with Crippen molar-refractivity contribution in [3.63, 3.8) is 0 Å². The summed E-state index contributed by atoms with van der Waals surface area (Å²) in [5.41, 5.74) is 0.667. The molecule has 0 fully saturated rings. The second-order valence-corrected chi connectivity index (χ2v) is 6.03. The van der Waals surface area contributed by atoms with Gasteiger partial charge >= 0.3 is 0 Å². The minimum Gasteiger partial charge on any atom is -0.382 e. The average molecular weight is 333 g/mol. The van der Waals surface area contributed by atoms with E-state index in [1.807, 2.05) is 0 Å². The van der Waals surface area contributed by atoms with Crippen molar-refractivity contribution in [2.24, 2.45) is 5.14 Å². The number of anilines is 1. The summed E-state index contributed by atoms with van der Waals surface area (Å²) >= 11 is 5.10. The monoisotopic (exact) mass is 333 g/mol. The highest BCUT2D eigenvalue weighted by Gasteiger charge is 2.06. The molecule has 0 aromatic heterocycles. The van der Waals surface area contributed by atoms with Crippen molar-refractivity contribution in [1.82, 2.24) is 5.32 Å². The second kappa shape index (κ2) is 8.90. The number of hydrogen-bond donors (Lipinski definition) is 3. The first-order chi connectivity index (χ1) is 9.93. The van der Waals surface area contributed by atoms with Crippen molar-refractivity contribution in [2.45, 2.75) is 4.90 Å². The van der Waals surface area contributed by atoms with Gasteiger partial charge < -0.3 is 20.1 Å². The number of ether oxygens (including phenoxy) is 2. The van der Waals surface area contributed by atoms with Gasteiger partial charge in [-0.15, -0.1) is 0 Å². The molecular formula is C12H19N3O4S2. The molecule has 0 bridgehead atoms. The van der Waals surface area contributed by atoms with Crippen LogP contribution < -0.4 is 15.8 Å². The molecule has 1 aromatic rings. The molecule has 0 aliphatic heterocycles. The van der Waals surface area contributed by atoms with Gasteiger partial charge in [-0.2, -0.15) is 0 Å². The van der Waals surface area contributed by atoms with E-state index < -0.39 is 10.0 Å². The van der Waals surface area contributed by atoms with E-state index in [1.54, 1.807) is 19.2 Å². The van der Waals surface area contributed by atoms with Crippen LogP contribution in [0.1, 0.15) is 0 Å². The Morgan fingerprint density at radius 2 is 1.90 bits per heavy atom. The van der Waals surface area contributed by atoms with E-state index >= 15 is 0 Å². The lowest BCUT2D eigenvalue weighted by atomic mass is 10.3. The van der Waals surface area contributed by atoms with E-state index in [0.29, 0.717) is 37.2 Å². The number of hydrogen-bond acceptors (Lipinski definition) is 5. The molecule has 9 heteroatoms. The molecule has 21 heavy (non-hydrogen) atoms. The first-order valence-electron chi connectivity index (χ1n) is 6.18. The lowest BCUT2D eigenvalue weighted by Crippen LogP contribution is -2.31. The van der Waals surface area contributed by atoms with Crippen LogP contribution in [-0.2, 0) is 19.5 Å². The molecule has 0 saturated heterocycles. The fourth-order valence-corrected chi connectivity index (χ4v) is 2.12. The van der Waals surface area contributed by atoms with E-state index in [0.717, 1.165) is 0 Å². The Morgan fingerprint density at radius 1 is 1.24 bits per heavy atom. The topological polar surface area (TPSA) is 103 Å². The van der Waals surface area contributed by atoms with Crippen LogP contribution in [0, 0.1) is 0 Å². The predicted octanol–water partition coefficient (Wildman–Crippen LogP) is 0.283. The quantitative estimate of drug-likeness (QED) is 0.464. The Balaban J connectivity index is 2.31. The van der Waals surface area contributed by atoms with Gasteiger partial charge in [0.15, 0.2) is 5.11 Å². The summed E-state index contributed by atoms with van der Waals surface area (Å²) in [6.45, 7) is 2.16. The molecule has 0 atom stereocenters. The molecule has 0 saturated carbocycles. The lowest BCUT2D eigenvalue weighted by Gasteiger charge is -2.11. The Hall–Kier alpha value is -1.26. The zero-order valence-electron chi connectivity index (χ0n) is 11.7. The van der Waals surface area contributed by atoms with Gasteiger partial charge in [-0.25, -0.2) is 13.6 Å². The first-order valence-corrected chi connectivity index (χ1v) is 8.13. The van der Waals surface area contributed by atoms with Crippen LogP contribution in [0.2, 0.25) is 0 Å². The van der Waals surface area contributed by atoms with Crippen molar-refractivity contribution >= 4 is 33.0 Å². The highest BCUT2D eigenvalue weighted by molar-refractivity contribution is 7.89. The summed E-state index contributed by atoms with van der Waals surface area (Å²) < 4.78 is 32.3. The Labute approximate surface area is 129 Å². The minimum absolute atomic E-state index is 0.0541. The van der Waals surface area contributed by atoms with E-state index in [2.05, 4.69) is 10.6 Å². The van der Waals surface area contributed by atoms with E-state index in [1.165, 1.54) is 12.1 Å². The van der Waals surface area contributed by atoms with Crippen LogP contribution in [0.5, 0.6) is 0 Å². The number of methoxy groups -OCH3 is 1. The number of primary sulfonamides is 1.